The molecule has 0 fully saturated rings. The molecule has 1 N–H and O–H groups in total. The van der Waals surface area contributed by atoms with Gasteiger partial charge in [-0.25, -0.2) is 0 Å². The van der Waals surface area contributed by atoms with E-state index in [0.717, 1.165) is 11.3 Å². The van der Waals surface area contributed by atoms with Gasteiger partial charge < -0.3 is 24.4 Å². The predicted octanol–water partition coefficient (Wildman–Crippen LogP) is 2.23. The van der Waals surface area contributed by atoms with E-state index in [2.05, 4.69) is 5.32 Å². The van der Waals surface area contributed by atoms with Crippen LogP contribution >= 0.6 is 0 Å². The molecule has 3 rings (SSSR count). The summed E-state index contributed by atoms with van der Waals surface area (Å²) < 4.78 is 15.8. The van der Waals surface area contributed by atoms with Gasteiger partial charge in [0.15, 0.2) is 17.3 Å². The molecule has 0 radical (unpaired) electrons. The average molecular weight is 412 g/mol. The first kappa shape index (κ1) is 21.2. The molecule has 0 spiro atoms. The molecule has 30 heavy (non-hydrogen) atoms. The summed E-state index contributed by atoms with van der Waals surface area (Å²) >= 11 is 0. The van der Waals surface area contributed by atoms with Crippen LogP contribution < -0.4 is 24.4 Å². The number of nitrogens with one attached hydrogen (secondary N) is 1. The molecule has 0 saturated heterocycles. The van der Waals surface area contributed by atoms with Crippen LogP contribution in [-0.2, 0) is 11.2 Å². The predicted molar refractivity (Wildman–Crippen MR) is 111 cm³/mol. The smallest absolute Gasteiger partial charge is 0.251 e. The Balaban J connectivity index is 1.63. The molecule has 0 aliphatic carbocycles. The van der Waals surface area contributed by atoms with Gasteiger partial charge in [0.05, 0.1) is 27.8 Å². The summed E-state index contributed by atoms with van der Waals surface area (Å²) in [6.45, 7) is 0.171. The molecule has 8 heteroatoms. The van der Waals surface area contributed by atoms with Gasteiger partial charge in [-0.2, -0.15) is 0 Å². The van der Waals surface area contributed by atoms with E-state index in [1.54, 1.807) is 42.3 Å². The second-order valence-electron chi connectivity index (χ2n) is 6.82. The van der Waals surface area contributed by atoms with Crippen molar-refractivity contribution in [2.45, 2.75) is 12.8 Å². The van der Waals surface area contributed by atoms with Crippen molar-refractivity contribution in [3.8, 4) is 17.2 Å². The summed E-state index contributed by atoms with van der Waals surface area (Å²) in [7, 11) is 6.14. The van der Waals surface area contributed by atoms with Crippen LogP contribution in [0.15, 0.2) is 30.3 Å². The van der Waals surface area contributed by atoms with Gasteiger partial charge in [0, 0.05) is 36.8 Å². The van der Waals surface area contributed by atoms with Crippen LogP contribution in [0.5, 0.6) is 17.2 Å². The zero-order chi connectivity index (χ0) is 21.8. The number of carbonyl (C=O) groups excluding carboxylic acids is 3. The number of amides is 2. The molecule has 1 aliphatic heterocycles. The highest BCUT2D eigenvalue weighted by molar-refractivity contribution is 6.03. The standard InChI is InChI=1S/C22H24N2O6/c1-24-16-6-5-13(9-14(16)12-20(24)26)17(25)7-8-23-22(27)15-10-18(28-2)21(30-4)19(11-15)29-3/h5-6,9-11H,7-8,12H2,1-4H3,(H,23,27). The molecule has 2 amide bonds. The van der Waals surface area contributed by atoms with Gasteiger partial charge in [-0.3, -0.25) is 14.4 Å². The van der Waals surface area contributed by atoms with Crippen LogP contribution in [0, 0.1) is 0 Å². The number of rotatable bonds is 8. The van der Waals surface area contributed by atoms with Gasteiger partial charge >= 0.3 is 0 Å². The largest absolute Gasteiger partial charge is 0.493 e. The van der Waals surface area contributed by atoms with E-state index in [1.165, 1.54) is 21.3 Å². The molecule has 0 aromatic heterocycles. The maximum Gasteiger partial charge on any atom is 0.251 e. The van der Waals surface area contributed by atoms with E-state index in [4.69, 9.17) is 14.2 Å². The number of fused-ring (bicyclic) bond motifs is 1. The molecule has 158 valence electrons. The fraction of sp³-hybridized carbons (Fsp3) is 0.318. The van der Waals surface area contributed by atoms with Crippen LogP contribution in [0.2, 0.25) is 0 Å². The molecule has 0 atom stereocenters. The number of hydrogen-bond donors (Lipinski definition) is 1. The first-order valence-corrected chi connectivity index (χ1v) is 9.40. The third-order valence-corrected chi connectivity index (χ3v) is 5.04. The summed E-state index contributed by atoms with van der Waals surface area (Å²) in [6, 6.07) is 8.33. The van der Waals surface area contributed by atoms with Crippen molar-refractivity contribution in [2.24, 2.45) is 0 Å². The third-order valence-electron chi connectivity index (χ3n) is 5.04. The highest BCUT2D eigenvalue weighted by atomic mass is 16.5. The number of hydrogen-bond acceptors (Lipinski definition) is 6. The molecule has 1 heterocycles. The van der Waals surface area contributed by atoms with Crippen LogP contribution in [0.4, 0.5) is 5.69 Å². The lowest BCUT2D eigenvalue weighted by molar-refractivity contribution is -0.117. The molecule has 0 saturated carbocycles. The van der Waals surface area contributed by atoms with Gasteiger partial charge in [0.1, 0.15) is 0 Å². The maximum absolute atomic E-state index is 12.5. The number of likely N-dealkylation sites (N-methyl/N-ethyl adjacent to an activating group) is 1. The molecule has 1 aliphatic rings. The number of carbonyl (C=O) groups is 3. The summed E-state index contributed by atoms with van der Waals surface area (Å²) in [4.78, 5) is 38.4. The number of nitrogens with zero attached hydrogens (tertiary/aromatic N) is 1. The van der Waals surface area contributed by atoms with Crippen molar-refractivity contribution in [3.63, 3.8) is 0 Å². The van der Waals surface area contributed by atoms with Gasteiger partial charge in [0.25, 0.3) is 5.91 Å². The van der Waals surface area contributed by atoms with Crippen LogP contribution in [-0.4, -0.2) is 52.5 Å². The molecular formula is C22H24N2O6. The normalized spacial score (nSPS) is 12.4. The molecule has 0 unspecified atom stereocenters. The van der Waals surface area contributed by atoms with E-state index < -0.39 is 0 Å². The molecule has 2 aromatic carbocycles. The Morgan fingerprint density at radius 3 is 2.27 bits per heavy atom. The molecular weight excluding hydrogens is 388 g/mol. The van der Waals surface area contributed by atoms with E-state index in [9.17, 15) is 14.4 Å². The Hall–Kier alpha value is -3.55. The first-order chi connectivity index (χ1) is 14.4. The number of methoxy groups -OCH3 is 3. The van der Waals surface area contributed by atoms with Crippen molar-refractivity contribution in [2.75, 3.05) is 39.8 Å². The van der Waals surface area contributed by atoms with Crippen molar-refractivity contribution in [1.29, 1.82) is 0 Å². The summed E-state index contributed by atoms with van der Waals surface area (Å²) in [5, 5.41) is 2.73. The van der Waals surface area contributed by atoms with Crippen LogP contribution in [0.3, 0.4) is 0 Å². The number of ketones is 1. The van der Waals surface area contributed by atoms with Gasteiger partial charge in [-0.15, -0.1) is 0 Å². The van der Waals surface area contributed by atoms with Crippen molar-refractivity contribution < 1.29 is 28.6 Å². The average Bonchev–Trinajstić information content (AvgIpc) is 3.05. The highest BCUT2D eigenvalue weighted by Gasteiger charge is 2.24. The van der Waals surface area contributed by atoms with E-state index >= 15 is 0 Å². The van der Waals surface area contributed by atoms with Crippen molar-refractivity contribution >= 4 is 23.3 Å². The fourth-order valence-electron chi connectivity index (χ4n) is 3.39. The summed E-state index contributed by atoms with van der Waals surface area (Å²) in [5.74, 6) is 0.680. The minimum atomic E-state index is -0.358. The third kappa shape index (κ3) is 4.07. The minimum absolute atomic E-state index is 0.00668. The Morgan fingerprint density at radius 1 is 1.00 bits per heavy atom. The van der Waals surface area contributed by atoms with Crippen LogP contribution in [0.25, 0.3) is 0 Å². The SMILES string of the molecule is COc1cc(C(=O)NCCC(=O)c2ccc3c(c2)CC(=O)N3C)cc(OC)c1OC. The monoisotopic (exact) mass is 412 g/mol. The van der Waals surface area contributed by atoms with Crippen molar-refractivity contribution in [3.05, 3.63) is 47.0 Å². The zero-order valence-corrected chi connectivity index (χ0v) is 17.4. The van der Waals surface area contributed by atoms with Crippen LogP contribution in [0.1, 0.15) is 32.7 Å². The molecule has 8 nitrogen and oxygen atoms in total. The number of ether oxygens (including phenoxy) is 3. The Morgan fingerprint density at radius 2 is 1.67 bits per heavy atom. The molecule has 2 aromatic rings. The minimum Gasteiger partial charge on any atom is -0.493 e. The van der Waals surface area contributed by atoms with Gasteiger partial charge in [-0.05, 0) is 35.9 Å². The lowest BCUT2D eigenvalue weighted by Gasteiger charge is -2.14. The lowest BCUT2D eigenvalue weighted by Crippen LogP contribution is -2.26. The second kappa shape index (κ2) is 8.86. The number of Topliss-reactive ketones (excluding diaryl/α,β-unsaturated/α-hetero) is 1. The molecule has 0 bridgehead atoms. The summed E-state index contributed by atoms with van der Waals surface area (Å²) in [6.07, 6.45) is 0.434. The lowest BCUT2D eigenvalue weighted by atomic mass is 10.0. The van der Waals surface area contributed by atoms with E-state index in [1.807, 2.05) is 0 Å². The fourth-order valence-corrected chi connectivity index (χ4v) is 3.39. The van der Waals surface area contributed by atoms with Crippen molar-refractivity contribution in [1.82, 2.24) is 5.32 Å². The maximum atomic E-state index is 12.5. The Labute approximate surface area is 174 Å². The Bertz CT molecular complexity index is 976. The summed E-state index contributed by atoms with van der Waals surface area (Å²) in [5.41, 5.74) is 2.52. The van der Waals surface area contributed by atoms with Gasteiger partial charge in [-0.1, -0.05) is 0 Å². The second-order valence-corrected chi connectivity index (χ2v) is 6.82. The zero-order valence-electron chi connectivity index (χ0n) is 17.4. The quantitative estimate of drug-likeness (QED) is 0.669. The number of anilines is 1. The topological polar surface area (TPSA) is 94.2 Å². The van der Waals surface area contributed by atoms with E-state index in [-0.39, 0.29) is 30.6 Å². The highest BCUT2D eigenvalue weighted by Crippen LogP contribution is 2.38. The Kier molecular flexibility index (Phi) is 6.25. The first-order valence-electron chi connectivity index (χ1n) is 9.40. The van der Waals surface area contributed by atoms with Gasteiger partial charge in [0.2, 0.25) is 11.7 Å². The van der Waals surface area contributed by atoms with E-state index in [0.29, 0.717) is 34.8 Å². The number of benzene rings is 2.